The number of carbonyl (C=O) groups excluding carboxylic acids is 2. The summed E-state index contributed by atoms with van der Waals surface area (Å²) in [5, 5.41) is 6.98. The third-order valence-electron chi connectivity index (χ3n) is 4.27. The van der Waals surface area contributed by atoms with E-state index in [-0.39, 0.29) is 17.3 Å². The minimum atomic E-state index is -0.556. The lowest BCUT2D eigenvalue weighted by molar-refractivity contribution is 0.0601. The number of anilines is 1. The third kappa shape index (κ3) is 4.55. The first-order valence-electron chi connectivity index (χ1n) is 9.05. The van der Waals surface area contributed by atoms with Gasteiger partial charge >= 0.3 is 5.97 Å². The van der Waals surface area contributed by atoms with Crippen molar-refractivity contribution in [3.05, 3.63) is 71.4 Å². The van der Waals surface area contributed by atoms with Crippen LogP contribution in [0.4, 0.5) is 5.82 Å². The van der Waals surface area contributed by atoms with Gasteiger partial charge in [-0.3, -0.25) is 4.79 Å². The zero-order valence-electron chi connectivity index (χ0n) is 16.2. The first-order valence-corrected chi connectivity index (χ1v) is 9.05. The maximum atomic E-state index is 12.4. The first-order chi connectivity index (χ1) is 14.0. The molecule has 1 amide bonds. The van der Waals surface area contributed by atoms with Crippen LogP contribution in [0.25, 0.3) is 5.69 Å². The minimum Gasteiger partial charge on any atom is -0.494 e. The monoisotopic (exact) mass is 394 g/mol. The lowest BCUT2D eigenvalue weighted by Crippen LogP contribution is -2.22. The molecule has 0 aliphatic carbocycles. The zero-order chi connectivity index (χ0) is 20.8. The molecule has 3 rings (SSSR count). The molecule has 0 bridgehead atoms. The number of nitrogens with zero attached hydrogens (tertiary/aromatic N) is 2. The van der Waals surface area contributed by atoms with Crippen molar-refractivity contribution in [1.29, 1.82) is 0 Å². The van der Waals surface area contributed by atoms with Crippen molar-refractivity contribution >= 4 is 17.7 Å². The topological polar surface area (TPSA) is 108 Å². The predicted molar refractivity (Wildman–Crippen MR) is 108 cm³/mol. The number of methoxy groups -OCH3 is 1. The molecule has 29 heavy (non-hydrogen) atoms. The van der Waals surface area contributed by atoms with Crippen molar-refractivity contribution in [2.75, 3.05) is 19.5 Å². The summed E-state index contributed by atoms with van der Waals surface area (Å²) in [6.07, 6.45) is 1.35. The second kappa shape index (κ2) is 8.92. The molecule has 3 N–H and O–H groups in total. The number of nitrogens with two attached hydrogens (primary N) is 1. The smallest absolute Gasteiger partial charge is 0.343 e. The number of aromatic nitrogens is 2. The molecule has 2 aromatic carbocycles. The molecule has 0 aliphatic rings. The molecule has 0 saturated heterocycles. The highest BCUT2D eigenvalue weighted by Crippen LogP contribution is 2.18. The fourth-order valence-corrected chi connectivity index (χ4v) is 2.74. The van der Waals surface area contributed by atoms with E-state index in [1.807, 2.05) is 31.2 Å². The van der Waals surface area contributed by atoms with Gasteiger partial charge in [-0.05, 0) is 48.9 Å². The highest BCUT2D eigenvalue weighted by Gasteiger charge is 2.16. The normalized spacial score (nSPS) is 10.4. The molecule has 0 fully saturated rings. The van der Waals surface area contributed by atoms with E-state index in [4.69, 9.17) is 10.5 Å². The van der Waals surface area contributed by atoms with E-state index in [1.54, 1.807) is 24.3 Å². The van der Waals surface area contributed by atoms with Gasteiger partial charge in [-0.25, -0.2) is 9.48 Å². The Hall–Kier alpha value is -3.81. The van der Waals surface area contributed by atoms with Gasteiger partial charge in [0.05, 0.1) is 25.6 Å². The van der Waals surface area contributed by atoms with Crippen molar-refractivity contribution in [2.45, 2.75) is 13.5 Å². The Bertz CT molecular complexity index is 995. The zero-order valence-corrected chi connectivity index (χ0v) is 16.2. The van der Waals surface area contributed by atoms with E-state index in [0.29, 0.717) is 24.4 Å². The molecule has 0 unspecified atom stereocenters. The second-order valence-electron chi connectivity index (χ2n) is 6.15. The number of nitrogen functional groups attached to an aromatic ring is 1. The highest BCUT2D eigenvalue weighted by molar-refractivity contribution is 5.95. The van der Waals surface area contributed by atoms with Crippen molar-refractivity contribution in [3.63, 3.8) is 0 Å². The maximum absolute atomic E-state index is 12.4. The summed E-state index contributed by atoms with van der Waals surface area (Å²) < 4.78 is 11.5. The number of amides is 1. The molecule has 3 aromatic rings. The van der Waals surface area contributed by atoms with Crippen LogP contribution in [0.15, 0.2) is 54.7 Å². The van der Waals surface area contributed by atoms with Crippen molar-refractivity contribution in [3.8, 4) is 11.4 Å². The van der Waals surface area contributed by atoms with Gasteiger partial charge in [0.2, 0.25) is 0 Å². The molecule has 8 nitrogen and oxygen atoms in total. The van der Waals surface area contributed by atoms with Crippen LogP contribution in [0.1, 0.15) is 33.2 Å². The third-order valence-corrected chi connectivity index (χ3v) is 4.27. The Kier molecular flexibility index (Phi) is 6.13. The quantitative estimate of drug-likeness (QED) is 0.596. The summed E-state index contributed by atoms with van der Waals surface area (Å²) >= 11 is 0. The Morgan fingerprint density at radius 2 is 1.79 bits per heavy atom. The maximum Gasteiger partial charge on any atom is 0.343 e. The Labute approximate surface area is 168 Å². The van der Waals surface area contributed by atoms with Crippen LogP contribution < -0.4 is 15.8 Å². The summed E-state index contributed by atoms with van der Waals surface area (Å²) in [7, 11) is 1.28. The number of nitrogens with one attached hydrogen (secondary N) is 1. The van der Waals surface area contributed by atoms with E-state index >= 15 is 0 Å². The van der Waals surface area contributed by atoms with E-state index in [0.717, 1.165) is 11.3 Å². The molecule has 150 valence electrons. The molecule has 0 aliphatic heterocycles. The Morgan fingerprint density at radius 3 is 2.41 bits per heavy atom. The largest absolute Gasteiger partial charge is 0.494 e. The summed E-state index contributed by atoms with van der Waals surface area (Å²) in [5.41, 5.74) is 8.24. The number of hydrogen-bond donors (Lipinski definition) is 2. The average Bonchev–Trinajstić information content (AvgIpc) is 3.14. The fourth-order valence-electron chi connectivity index (χ4n) is 2.74. The van der Waals surface area contributed by atoms with Gasteiger partial charge in [0.25, 0.3) is 5.91 Å². The van der Waals surface area contributed by atoms with Crippen molar-refractivity contribution in [1.82, 2.24) is 15.1 Å². The van der Waals surface area contributed by atoms with Gasteiger partial charge in [0, 0.05) is 12.1 Å². The molecular formula is C21H22N4O4. The van der Waals surface area contributed by atoms with Gasteiger partial charge in [-0.2, -0.15) is 5.10 Å². The van der Waals surface area contributed by atoms with Crippen LogP contribution in [0.5, 0.6) is 5.75 Å². The second-order valence-corrected chi connectivity index (χ2v) is 6.15. The summed E-state index contributed by atoms with van der Waals surface area (Å²) in [5.74, 6) is 0.212. The van der Waals surface area contributed by atoms with Crippen LogP contribution in [0.3, 0.4) is 0 Å². The van der Waals surface area contributed by atoms with E-state index in [2.05, 4.69) is 15.2 Å². The van der Waals surface area contributed by atoms with Crippen molar-refractivity contribution < 1.29 is 19.1 Å². The molecule has 0 saturated carbocycles. The van der Waals surface area contributed by atoms with E-state index in [9.17, 15) is 9.59 Å². The van der Waals surface area contributed by atoms with Crippen LogP contribution in [0.2, 0.25) is 0 Å². The number of rotatable bonds is 7. The summed E-state index contributed by atoms with van der Waals surface area (Å²) in [4.78, 5) is 24.0. The number of ether oxygens (including phenoxy) is 2. The van der Waals surface area contributed by atoms with Gasteiger partial charge in [-0.15, -0.1) is 0 Å². The molecule has 0 spiro atoms. The first kappa shape index (κ1) is 19.9. The average molecular weight is 394 g/mol. The minimum absolute atomic E-state index is 0.171. The van der Waals surface area contributed by atoms with Crippen molar-refractivity contribution in [2.24, 2.45) is 0 Å². The molecule has 1 aromatic heterocycles. The van der Waals surface area contributed by atoms with Gasteiger partial charge in [-0.1, -0.05) is 12.1 Å². The Balaban J connectivity index is 1.64. The SMILES string of the molecule is CCOc1ccc(CNC(=O)c2ccc(-n3ncc(C(=O)OC)c3N)cc2)cc1. The standard InChI is InChI=1S/C21H22N4O4/c1-3-29-17-10-4-14(5-11-17)12-23-20(26)15-6-8-16(9-7-15)25-19(22)18(13-24-25)21(27)28-2/h4-11,13H,3,12,22H2,1-2H3,(H,23,26). The number of esters is 1. The van der Waals surface area contributed by atoms with E-state index < -0.39 is 5.97 Å². The highest BCUT2D eigenvalue weighted by atomic mass is 16.5. The number of carbonyl (C=O) groups is 2. The van der Waals surface area contributed by atoms with Crippen LogP contribution in [-0.4, -0.2) is 35.4 Å². The van der Waals surface area contributed by atoms with Gasteiger partial charge in [0.1, 0.15) is 17.1 Å². The van der Waals surface area contributed by atoms with Crippen LogP contribution in [0, 0.1) is 0 Å². The molecule has 8 heteroatoms. The van der Waals surface area contributed by atoms with Crippen LogP contribution in [-0.2, 0) is 11.3 Å². The Morgan fingerprint density at radius 1 is 1.10 bits per heavy atom. The van der Waals surface area contributed by atoms with Gasteiger partial charge < -0.3 is 20.5 Å². The lowest BCUT2D eigenvalue weighted by atomic mass is 10.1. The van der Waals surface area contributed by atoms with Crippen LogP contribution >= 0.6 is 0 Å². The summed E-state index contributed by atoms with van der Waals surface area (Å²) in [6, 6.07) is 14.3. The predicted octanol–water partition coefficient (Wildman–Crippen LogP) is 2.57. The number of hydrogen-bond acceptors (Lipinski definition) is 6. The van der Waals surface area contributed by atoms with Gasteiger partial charge in [0.15, 0.2) is 0 Å². The molecular weight excluding hydrogens is 372 g/mol. The molecule has 0 atom stereocenters. The fraction of sp³-hybridized carbons (Fsp3) is 0.190. The lowest BCUT2D eigenvalue weighted by Gasteiger charge is -2.08. The van der Waals surface area contributed by atoms with E-state index in [1.165, 1.54) is 18.0 Å². The molecule has 1 heterocycles. The molecule has 0 radical (unpaired) electrons. The summed E-state index contributed by atoms with van der Waals surface area (Å²) in [6.45, 7) is 2.94. The number of benzene rings is 2.